The molecule has 2 fully saturated rings. The summed E-state index contributed by atoms with van der Waals surface area (Å²) in [5, 5.41) is 0. The first-order valence-corrected chi connectivity index (χ1v) is 6.10. The van der Waals surface area contributed by atoms with E-state index in [9.17, 15) is 0 Å². The lowest BCUT2D eigenvalue weighted by atomic mass is 10.2. The molecular weight excluding hydrogens is 174 g/mol. The van der Waals surface area contributed by atoms with E-state index in [1.807, 2.05) is 13.8 Å². The van der Waals surface area contributed by atoms with Crippen molar-refractivity contribution in [1.82, 2.24) is 4.90 Å². The van der Waals surface area contributed by atoms with Crippen molar-refractivity contribution in [2.24, 2.45) is 0 Å². The molecule has 14 heavy (non-hydrogen) atoms. The molecule has 1 saturated heterocycles. The molecule has 1 saturated carbocycles. The highest BCUT2D eigenvalue weighted by Gasteiger charge is 2.46. The van der Waals surface area contributed by atoms with Crippen LogP contribution >= 0.6 is 0 Å². The second kappa shape index (κ2) is 5.13. The van der Waals surface area contributed by atoms with E-state index >= 15 is 0 Å². The van der Waals surface area contributed by atoms with E-state index in [4.69, 9.17) is 4.74 Å². The van der Waals surface area contributed by atoms with Gasteiger partial charge >= 0.3 is 0 Å². The first-order chi connectivity index (χ1) is 6.72. The third kappa shape index (κ3) is 2.96. The average Bonchev–Trinajstić information content (AvgIpc) is 2.98. The third-order valence-corrected chi connectivity index (χ3v) is 3.03. The summed E-state index contributed by atoms with van der Waals surface area (Å²) in [6.07, 6.45) is 3.78. The summed E-state index contributed by atoms with van der Waals surface area (Å²) in [7, 11) is 0. The Hall–Kier alpha value is -0.0800. The van der Waals surface area contributed by atoms with Gasteiger partial charge in [-0.25, -0.2) is 0 Å². The van der Waals surface area contributed by atoms with Gasteiger partial charge in [0.25, 0.3) is 0 Å². The lowest BCUT2D eigenvalue weighted by Gasteiger charge is -2.26. The molecule has 0 aromatic heterocycles. The van der Waals surface area contributed by atoms with Crippen molar-refractivity contribution in [2.75, 3.05) is 19.7 Å². The van der Waals surface area contributed by atoms with Gasteiger partial charge in [-0.05, 0) is 33.1 Å². The normalized spacial score (nSPS) is 25.5. The van der Waals surface area contributed by atoms with Crippen LogP contribution in [-0.2, 0) is 4.74 Å². The number of rotatable bonds is 1. The van der Waals surface area contributed by atoms with Gasteiger partial charge in [0, 0.05) is 25.7 Å². The standard InChI is InChI=1S/C10H19NO.C2H6/c1-9(2)11-6-3-7-12-10(8-11)4-5-10;1-2/h9H,3-8H2,1-2H3;1-2H3. The molecular formula is C12H25NO. The molecule has 0 bridgehead atoms. The molecule has 2 aliphatic rings. The van der Waals surface area contributed by atoms with Crippen LogP contribution in [0.25, 0.3) is 0 Å². The van der Waals surface area contributed by atoms with Gasteiger partial charge in [0.15, 0.2) is 0 Å². The highest BCUT2D eigenvalue weighted by atomic mass is 16.5. The second-order valence-corrected chi connectivity index (χ2v) is 4.45. The lowest BCUT2D eigenvalue weighted by Crippen LogP contribution is -2.37. The Labute approximate surface area is 88.6 Å². The summed E-state index contributed by atoms with van der Waals surface area (Å²) in [5.74, 6) is 0. The van der Waals surface area contributed by atoms with Gasteiger partial charge in [-0.1, -0.05) is 13.8 Å². The first kappa shape index (κ1) is 12.0. The molecule has 0 radical (unpaired) electrons. The maximum absolute atomic E-state index is 5.84. The Morgan fingerprint density at radius 3 is 2.36 bits per heavy atom. The van der Waals surface area contributed by atoms with E-state index in [-0.39, 0.29) is 0 Å². The van der Waals surface area contributed by atoms with Crippen molar-refractivity contribution in [2.45, 2.75) is 58.6 Å². The average molecular weight is 199 g/mol. The third-order valence-electron chi connectivity index (χ3n) is 3.03. The van der Waals surface area contributed by atoms with Crippen molar-refractivity contribution in [3.63, 3.8) is 0 Å². The minimum Gasteiger partial charge on any atom is -0.374 e. The molecule has 84 valence electrons. The van der Waals surface area contributed by atoms with Crippen molar-refractivity contribution in [1.29, 1.82) is 0 Å². The fourth-order valence-electron chi connectivity index (χ4n) is 1.93. The summed E-state index contributed by atoms with van der Waals surface area (Å²) in [6.45, 7) is 11.9. The predicted octanol–water partition coefficient (Wildman–Crippen LogP) is 2.68. The Balaban J connectivity index is 0.000000461. The summed E-state index contributed by atoms with van der Waals surface area (Å²) >= 11 is 0. The Bertz CT molecular complexity index is 164. The van der Waals surface area contributed by atoms with Gasteiger partial charge in [-0.15, -0.1) is 0 Å². The molecule has 2 nitrogen and oxygen atoms in total. The van der Waals surface area contributed by atoms with E-state index in [0.29, 0.717) is 11.6 Å². The fraction of sp³-hybridized carbons (Fsp3) is 1.00. The van der Waals surface area contributed by atoms with Crippen LogP contribution in [0.5, 0.6) is 0 Å². The molecule has 0 N–H and O–H groups in total. The molecule has 0 amide bonds. The largest absolute Gasteiger partial charge is 0.374 e. The van der Waals surface area contributed by atoms with Gasteiger partial charge in [-0.2, -0.15) is 0 Å². The number of ether oxygens (including phenoxy) is 1. The molecule has 0 aromatic carbocycles. The van der Waals surface area contributed by atoms with Crippen molar-refractivity contribution < 1.29 is 4.74 Å². The highest BCUT2D eigenvalue weighted by Crippen LogP contribution is 2.41. The molecule has 2 rings (SSSR count). The first-order valence-electron chi connectivity index (χ1n) is 6.10. The Morgan fingerprint density at radius 1 is 1.21 bits per heavy atom. The van der Waals surface area contributed by atoms with E-state index in [1.165, 1.54) is 32.4 Å². The minimum atomic E-state index is 0.292. The van der Waals surface area contributed by atoms with Crippen LogP contribution < -0.4 is 0 Å². The maximum atomic E-state index is 5.84. The van der Waals surface area contributed by atoms with Crippen molar-refractivity contribution >= 4 is 0 Å². The molecule has 1 heterocycles. The summed E-state index contributed by atoms with van der Waals surface area (Å²) in [4.78, 5) is 2.56. The van der Waals surface area contributed by atoms with Crippen molar-refractivity contribution in [3.8, 4) is 0 Å². The van der Waals surface area contributed by atoms with Crippen LogP contribution in [0.15, 0.2) is 0 Å². The predicted molar refractivity (Wildman–Crippen MR) is 60.6 cm³/mol. The molecule has 0 atom stereocenters. The van der Waals surface area contributed by atoms with Crippen LogP contribution in [0.2, 0.25) is 0 Å². The zero-order valence-electron chi connectivity index (χ0n) is 10.2. The van der Waals surface area contributed by atoms with Crippen LogP contribution in [0.1, 0.15) is 47.0 Å². The summed E-state index contributed by atoms with van der Waals surface area (Å²) < 4.78 is 5.84. The molecule has 1 spiro atoms. The topological polar surface area (TPSA) is 12.5 Å². The monoisotopic (exact) mass is 199 g/mol. The Morgan fingerprint density at radius 2 is 1.86 bits per heavy atom. The molecule has 2 heteroatoms. The van der Waals surface area contributed by atoms with E-state index in [1.54, 1.807) is 0 Å². The SMILES string of the molecule is CC.CC(C)N1CCCOC2(CC2)C1. The van der Waals surface area contributed by atoms with Crippen LogP contribution in [0.3, 0.4) is 0 Å². The van der Waals surface area contributed by atoms with Crippen LogP contribution in [0.4, 0.5) is 0 Å². The smallest absolute Gasteiger partial charge is 0.0811 e. The van der Waals surface area contributed by atoms with Crippen LogP contribution in [0, 0.1) is 0 Å². The summed E-state index contributed by atoms with van der Waals surface area (Å²) in [6, 6.07) is 0.684. The second-order valence-electron chi connectivity index (χ2n) is 4.45. The van der Waals surface area contributed by atoms with Gasteiger partial charge in [0.2, 0.25) is 0 Å². The van der Waals surface area contributed by atoms with E-state index < -0.39 is 0 Å². The fourth-order valence-corrected chi connectivity index (χ4v) is 1.93. The van der Waals surface area contributed by atoms with Crippen LogP contribution in [-0.4, -0.2) is 36.2 Å². The minimum absolute atomic E-state index is 0.292. The molecule has 1 aliphatic carbocycles. The molecule has 0 unspecified atom stereocenters. The Kier molecular flexibility index (Phi) is 4.39. The summed E-state index contributed by atoms with van der Waals surface area (Å²) in [5.41, 5.74) is 0.292. The van der Waals surface area contributed by atoms with Gasteiger partial charge < -0.3 is 4.74 Å². The van der Waals surface area contributed by atoms with E-state index in [2.05, 4.69) is 18.7 Å². The number of nitrogens with zero attached hydrogens (tertiary/aromatic N) is 1. The van der Waals surface area contributed by atoms with Crippen molar-refractivity contribution in [3.05, 3.63) is 0 Å². The van der Waals surface area contributed by atoms with Gasteiger partial charge in [-0.3, -0.25) is 4.90 Å². The number of hydrogen-bond donors (Lipinski definition) is 0. The quantitative estimate of drug-likeness (QED) is 0.644. The molecule has 0 aromatic rings. The molecule has 1 aliphatic heterocycles. The maximum Gasteiger partial charge on any atom is 0.0811 e. The van der Waals surface area contributed by atoms with Gasteiger partial charge in [0.1, 0.15) is 0 Å². The lowest BCUT2D eigenvalue weighted by molar-refractivity contribution is 0.0296. The number of hydrogen-bond acceptors (Lipinski definition) is 2. The van der Waals surface area contributed by atoms with E-state index in [0.717, 1.165) is 6.61 Å². The zero-order valence-corrected chi connectivity index (χ0v) is 10.2. The van der Waals surface area contributed by atoms with Gasteiger partial charge in [0.05, 0.1) is 5.60 Å². The highest BCUT2D eigenvalue weighted by molar-refractivity contribution is 4.99. The zero-order chi connectivity index (χ0) is 10.6.